The minimum absolute atomic E-state index is 0.333. The molecule has 1 aromatic heterocycles. The largest absolute Gasteiger partial charge is 0.369 e. The van der Waals surface area contributed by atoms with Gasteiger partial charge in [-0.3, -0.25) is 14.5 Å². The van der Waals surface area contributed by atoms with Gasteiger partial charge in [-0.2, -0.15) is 0 Å². The fraction of sp³-hybridized carbons (Fsp3) is 0.381. The van der Waals surface area contributed by atoms with Gasteiger partial charge in [0.25, 0.3) is 5.91 Å². The Bertz CT molecular complexity index is 895. The first-order valence-corrected chi connectivity index (χ1v) is 10.5. The molecule has 0 spiro atoms. The van der Waals surface area contributed by atoms with E-state index in [-0.39, 0.29) is 6.54 Å². The molecule has 1 aromatic carbocycles. The average molecular weight is 415 g/mol. The Hall–Kier alpha value is -2.87. The van der Waals surface area contributed by atoms with E-state index in [2.05, 4.69) is 36.3 Å². The van der Waals surface area contributed by atoms with Gasteiger partial charge in [0.2, 0.25) is 5.91 Å². The van der Waals surface area contributed by atoms with Gasteiger partial charge in [-0.15, -0.1) is 11.3 Å². The number of benzene rings is 1. The maximum atomic E-state index is 12.8. The van der Waals surface area contributed by atoms with Gasteiger partial charge in [0.15, 0.2) is 5.54 Å². The quantitative estimate of drug-likeness (QED) is 0.681. The number of amides is 4. The molecule has 29 heavy (non-hydrogen) atoms. The van der Waals surface area contributed by atoms with Crippen molar-refractivity contribution in [3.63, 3.8) is 0 Å². The zero-order chi connectivity index (χ0) is 21.2. The van der Waals surface area contributed by atoms with E-state index in [1.54, 1.807) is 13.0 Å². The van der Waals surface area contributed by atoms with Gasteiger partial charge >= 0.3 is 6.03 Å². The van der Waals surface area contributed by atoms with E-state index in [1.807, 2.05) is 35.7 Å². The number of imide groups is 1. The summed E-state index contributed by atoms with van der Waals surface area (Å²) in [5.41, 5.74) is 0.557. The van der Waals surface area contributed by atoms with Crippen LogP contribution in [0.4, 0.5) is 16.2 Å². The Morgan fingerprint density at radius 2 is 1.93 bits per heavy atom. The Labute approximate surface area is 174 Å². The molecule has 0 aliphatic carbocycles. The molecule has 0 saturated carbocycles. The minimum Gasteiger partial charge on any atom is -0.369 e. The molecule has 2 aromatic rings. The summed E-state index contributed by atoms with van der Waals surface area (Å²) in [6.07, 6.45) is 0. The van der Waals surface area contributed by atoms with Crippen molar-refractivity contribution < 1.29 is 14.4 Å². The van der Waals surface area contributed by atoms with Crippen molar-refractivity contribution in [3.05, 3.63) is 46.7 Å². The first-order chi connectivity index (χ1) is 13.8. The molecule has 0 bridgehead atoms. The fourth-order valence-electron chi connectivity index (χ4n) is 3.50. The zero-order valence-corrected chi connectivity index (χ0v) is 17.9. The summed E-state index contributed by atoms with van der Waals surface area (Å²) in [5.74, 6) is -0.848. The molecule has 0 radical (unpaired) electrons. The van der Waals surface area contributed by atoms with Gasteiger partial charge in [-0.1, -0.05) is 6.07 Å². The molecule has 1 atom stereocenters. The van der Waals surface area contributed by atoms with E-state index in [1.165, 1.54) is 11.3 Å². The van der Waals surface area contributed by atoms with Crippen LogP contribution in [0.5, 0.6) is 0 Å². The van der Waals surface area contributed by atoms with Crippen LogP contribution in [0.25, 0.3) is 0 Å². The predicted octanol–water partition coefficient (Wildman–Crippen LogP) is 3.39. The molecular formula is C21H26N4O3S. The highest BCUT2D eigenvalue weighted by atomic mass is 32.1. The smallest absolute Gasteiger partial charge is 0.325 e. The van der Waals surface area contributed by atoms with E-state index >= 15 is 0 Å². The summed E-state index contributed by atoms with van der Waals surface area (Å²) >= 11 is 1.39. The van der Waals surface area contributed by atoms with Crippen LogP contribution in [0.3, 0.4) is 0 Å². The van der Waals surface area contributed by atoms with Gasteiger partial charge in [0.1, 0.15) is 6.54 Å². The maximum Gasteiger partial charge on any atom is 0.325 e. The van der Waals surface area contributed by atoms with Gasteiger partial charge in [0, 0.05) is 28.8 Å². The highest BCUT2D eigenvalue weighted by Crippen LogP contribution is 2.31. The van der Waals surface area contributed by atoms with Crippen molar-refractivity contribution in [1.82, 2.24) is 10.2 Å². The molecule has 8 heteroatoms. The Morgan fingerprint density at radius 1 is 1.24 bits per heavy atom. The second kappa shape index (κ2) is 8.24. The van der Waals surface area contributed by atoms with Crippen molar-refractivity contribution >= 4 is 40.6 Å². The van der Waals surface area contributed by atoms with Crippen molar-refractivity contribution in [2.24, 2.45) is 0 Å². The van der Waals surface area contributed by atoms with E-state index in [0.29, 0.717) is 11.7 Å². The lowest BCUT2D eigenvalue weighted by Gasteiger charge is -2.27. The van der Waals surface area contributed by atoms with Crippen LogP contribution >= 0.6 is 11.3 Å². The molecular weight excluding hydrogens is 388 g/mol. The molecule has 154 valence electrons. The number of nitrogens with zero attached hydrogens (tertiary/aromatic N) is 2. The molecule has 4 amide bonds. The lowest BCUT2D eigenvalue weighted by atomic mass is 10.0. The molecule has 7 nitrogen and oxygen atoms in total. The number of carbonyl (C=O) groups excluding carboxylic acids is 3. The van der Waals surface area contributed by atoms with Crippen LogP contribution in [-0.4, -0.2) is 41.9 Å². The molecule has 1 fully saturated rings. The summed E-state index contributed by atoms with van der Waals surface area (Å²) in [5, 5.41) is 7.30. The highest BCUT2D eigenvalue weighted by molar-refractivity contribution is 7.10. The predicted molar refractivity (Wildman–Crippen MR) is 115 cm³/mol. The summed E-state index contributed by atoms with van der Waals surface area (Å²) < 4.78 is 0. The first kappa shape index (κ1) is 20.9. The monoisotopic (exact) mass is 414 g/mol. The number of carbonyl (C=O) groups is 3. The third-order valence-corrected chi connectivity index (χ3v) is 6.13. The fourth-order valence-corrected chi connectivity index (χ4v) is 4.33. The number of rotatable bonds is 7. The Kier molecular flexibility index (Phi) is 5.93. The highest BCUT2D eigenvalue weighted by Gasteiger charge is 2.50. The lowest BCUT2D eigenvalue weighted by molar-refractivity contribution is -0.133. The molecule has 2 heterocycles. The van der Waals surface area contributed by atoms with E-state index in [4.69, 9.17) is 0 Å². The zero-order valence-electron chi connectivity index (χ0n) is 17.1. The lowest BCUT2D eigenvalue weighted by Crippen LogP contribution is -2.41. The van der Waals surface area contributed by atoms with Gasteiger partial charge in [-0.05, 0) is 63.4 Å². The molecule has 1 aliphatic rings. The normalized spacial score (nSPS) is 18.9. The third kappa shape index (κ3) is 4.12. The number of anilines is 2. The van der Waals surface area contributed by atoms with Crippen LogP contribution in [0.15, 0.2) is 41.8 Å². The minimum atomic E-state index is -1.13. The van der Waals surface area contributed by atoms with E-state index in [0.717, 1.165) is 22.0 Å². The number of urea groups is 1. The number of hydrogen-bond donors (Lipinski definition) is 2. The second-order valence-corrected chi connectivity index (χ2v) is 8.35. The Balaban J connectivity index is 1.65. The van der Waals surface area contributed by atoms with Crippen molar-refractivity contribution in [3.8, 4) is 0 Å². The standard InChI is InChI=1S/C21H26N4O3S/c1-5-24(14(2)3)16-10-8-15(9-11-16)22-18(26)13-25-19(27)21(4,23-20(25)28)17-7-6-12-29-17/h6-12,14H,5,13H2,1-4H3,(H,22,26)(H,23,28). The Morgan fingerprint density at radius 3 is 2.48 bits per heavy atom. The van der Waals surface area contributed by atoms with E-state index < -0.39 is 23.4 Å². The van der Waals surface area contributed by atoms with Crippen LogP contribution in [-0.2, 0) is 15.1 Å². The number of hydrogen-bond acceptors (Lipinski definition) is 5. The average Bonchev–Trinajstić information content (AvgIpc) is 3.28. The summed E-state index contributed by atoms with van der Waals surface area (Å²) in [4.78, 5) is 41.5. The van der Waals surface area contributed by atoms with Crippen molar-refractivity contribution in [2.45, 2.75) is 39.3 Å². The summed E-state index contributed by atoms with van der Waals surface area (Å²) in [6.45, 7) is 8.56. The molecule has 1 aliphatic heterocycles. The molecule has 2 N–H and O–H groups in total. The van der Waals surface area contributed by atoms with Crippen molar-refractivity contribution in [2.75, 3.05) is 23.3 Å². The molecule has 1 saturated heterocycles. The molecule has 3 rings (SSSR count). The van der Waals surface area contributed by atoms with Crippen LogP contribution in [0.1, 0.15) is 32.6 Å². The van der Waals surface area contributed by atoms with Gasteiger partial charge in [0.05, 0.1) is 0 Å². The number of thiophene rings is 1. The van der Waals surface area contributed by atoms with Crippen LogP contribution < -0.4 is 15.5 Å². The summed E-state index contributed by atoms with van der Waals surface area (Å²) in [6, 6.07) is 11.0. The number of nitrogens with one attached hydrogen (secondary N) is 2. The first-order valence-electron chi connectivity index (χ1n) is 9.61. The maximum absolute atomic E-state index is 12.8. The third-order valence-electron chi connectivity index (χ3n) is 5.04. The topological polar surface area (TPSA) is 81.8 Å². The molecule has 1 unspecified atom stereocenters. The van der Waals surface area contributed by atoms with Gasteiger partial charge < -0.3 is 15.5 Å². The van der Waals surface area contributed by atoms with Gasteiger partial charge in [-0.25, -0.2) is 4.79 Å². The van der Waals surface area contributed by atoms with E-state index in [9.17, 15) is 14.4 Å². The summed E-state index contributed by atoms with van der Waals surface area (Å²) in [7, 11) is 0. The van der Waals surface area contributed by atoms with Crippen molar-refractivity contribution in [1.29, 1.82) is 0 Å². The van der Waals surface area contributed by atoms with Crippen LogP contribution in [0, 0.1) is 0 Å². The SMILES string of the molecule is CCN(c1ccc(NC(=O)CN2C(=O)NC(C)(c3cccs3)C2=O)cc1)C(C)C. The van der Waals surface area contributed by atoms with Crippen LogP contribution in [0.2, 0.25) is 0 Å². The second-order valence-electron chi connectivity index (χ2n) is 7.40.